The van der Waals surface area contributed by atoms with E-state index in [4.69, 9.17) is 23.2 Å². The zero-order chi connectivity index (χ0) is 14.0. The number of hydrogen-bond acceptors (Lipinski definition) is 3. The van der Waals surface area contributed by atoms with E-state index in [9.17, 15) is 13.6 Å². The summed E-state index contributed by atoms with van der Waals surface area (Å²) in [6.45, 7) is 0.189. The van der Waals surface area contributed by atoms with Crippen LogP contribution >= 0.6 is 23.2 Å². The van der Waals surface area contributed by atoms with Crippen LogP contribution in [0, 0.1) is 0 Å². The highest BCUT2D eigenvalue weighted by Gasteiger charge is 2.22. The van der Waals surface area contributed by atoms with Crippen molar-refractivity contribution in [1.82, 2.24) is 14.8 Å². The summed E-state index contributed by atoms with van der Waals surface area (Å²) in [6, 6.07) is 3.25. The predicted molar refractivity (Wildman–Crippen MR) is 65.7 cm³/mol. The predicted octanol–water partition coefficient (Wildman–Crippen LogP) is 3.30. The Kier molecular flexibility index (Phi) is 4.11. The number of carbonyl (C=O) groups excluding carboxylic acids is 1. The summed E-state index contributed by atoms with van der Waals surface area (Å²) in [7, 11) is 0. The van der Waals surface area contributed by atoms with E-state index in [2.05, 4.69) is 10.1 Å². The first kappa shape index (κ1) is 13.9. The third-order valence-corrected chi connectivity index (χ3v) is 2.77. The number of hydrogen-bond donors (Lipinski definition) is 0. The monoisotopic (exact) mass is 305 g/mol. The van der Waals surface area contributed by atoms with Gasteiger partial charge in [-0.15, -0.1) is 0 Å². The molecule has 2 aromatic rings. The fourth-order valence-corrected chi connectivity index (χ4v) is 1.77. The average Bonchev–Trinajstić information content (AvgIpc) is 2.76. The number of alkyl halides is 2. The van der Waals surface area contributed by atoms with Gasteiger partial charge in [0.1, 0.15) is 10.8 Å². The van der Waals surface area contributed by atoms with Crippen molar-refractivity contribution >= 4 is 28.4 Å². The summed E-state index contributed by atoms with van der Waals surface area (Å²) >= 11 is 10.9. The molecule has 0 aliphatic heterocycles. The van der Waals surface area contributed by atoms with E-state index in [1.807, 2.05) is 0 Å². The summed E-state index contributed by atoms with van der Waals surface area (Å²) in [6.07, 6.45) is -0.179. The molecule has 2 aromatic heterocycles. The van der Waals surface area contributed by atoms with Crippen molar-refractivity contribution in [1.29, 1.82) is 0 Å². The van der Waals surface area contributed by atoms with Gasteiger partial charge < -0.3 is 0 Å². The van der Waals surface area contributed by atoms with Crippen LogP contribution in [0.15, 0.2) is 24.5 Å². The first-order chi connectivity index (χ1) is 8.97. The van der Waals surface area contributed by atoms with Gasteiger partial charge in [0.25, 0.3) is 11.7 Å². The fourth-order valence-electron chi connectivity index (χ4n) is 1.52. The van der Waals surface area contributed by atoms with Gasteiger partial charge in [0, 0.05) is 12.4 Å². The lowest BCUT2D eigenvalue weighted by Crippen LogP contribution is -2.01. The smallest absolute Gasteiger partial charge is 0.275 e. The van der Waals surface area contributed by atoms with Gasteiger partial charge >= 0.3 is 0 Å². The molecular weight excluding hydrogens is 299 g/mol. The van der Waals surface area contributed by atoms with Crippen molar-refractivity contribution in [2.45, 2.75) is 13.0 Å². The van der Waals surface area contributed by atoms with Crippen molar-refractivity contribution in [3.05, 3.63) is 46.5 Å². The maximum atomic E-state index is 12.7. The Morgan fingerprint density at radius 1 is 1.42 bits per heavy atom. The Bertz CT molecular complexity index is 598. The zero-order valence-electron chi connectivity index (χ0n) is 9.36. The molecule has 0 saturated carbocycles. The molecule has 0 aliphatic carbocycles. The molecule has 0 bridgehead atoms. The minimum atomic E-state index is -2.86. The normalized spacial score (nSPS) is 11.0. The van der Waals surface area contributed by atoms with Gasteiger partial charge in [0.2, 0.25) is 0 Å². The highest BCUT2D eigenvalue weighted by Crippen LogP contribution is 2.23. The standard InChI is InChI=1S/C11H7Cl2F2N3O/c12-8-2-1-6(3-16-8)4-18-5-7(10(13)19)9(17-18)11(14)15/h1-3,5,11H,4H2. The number of nitrogens with zero attached hydrogens (tertiary/aromatic N) is 3. The molecule has 2 rings (SSSR count). The van der Waals surface area contributed by atoms with Gasteiger partial charge in [-0.3, -0.25) is 9.48 Å². The molecule has 8 heteroatoms. The van der Waals surface area contributed by atoms with Crippen LogP contribution in [-0.2, 0) is 6.54 Å². The lowest BCUT2D eigenvalue weighted by molar-refractivity contribution is 0.106. The van der Waals surface area contributed by atoms with Gasteiger partial charge in [0.15, 0.2) is 0 Å². The Labute approximate surface area is 117 Å². The average molecular weight is 306 g/mol. The summed E-state index contributed by atoms with van der Waals surface area (Å²) in [5.41, 5.74) is -0.207. The molecule has 0 spiro atoms. The van der Waals surface area contributed by atoms with E-state index in [-0.39, 0.29) is 12.1 Å². The van der Waals surface area contributed by atoms with Crippen molar-refractivity contribution < 1.29 is 13.6 Å². The van der Waals surface area contributed by atoms with E-state index >= 15 is 0 Å². The van der Waals surface area contributed by atoms with Gasteiger partial charge in [0.05, 0.1) is 12.1 Å². The van der Waals surface area contributed by atoms with Gasteiger partial charge in [-0.25, -0.2) is 13.8 Å². The number of pyridine rings is 1. The Balaban J connectivity index is 2.28. The van der Waals surface area contributed by atoms with Crippen LogP contribution in [0.25, 0.3) is 0 Å². The maximum Gasteiger partial charge on any atom is 0.282 e. The zero-order valence-corrected chi connectivity index (χ0v) is 10.9. The van der Waals surface area contributed by atoms with E-state index in [1.54, 1.807) is 12.1 Å². The van der Waals surface area contributed by atoms with Crippen LogP contribution in [0.3, 0.4) is 0 Å². The Morgan fingerprint density at radius 3 is 2.63 bits per heavy atom. The summed E-state index contributed by atoms with van der Waals surface area (Å²) in [4.78, 5) is 14.9. The van der Waals surface area contributed by atoms with E-state index in [1.165, 1.54) is 17.1 Å². The molecule has 100 valence electrons. The molecule has 2 heterocycles. The molecule has 0 aliphatic rings. The summed E-state index contributed by atoms with van der Waals surface area (Å²) < 4.78 is 26.6. The first-order valence-electron chi connectivity index (χ1n) is 5.13. The summed E-state index contributed by atoms with van der Waals surface area (Å²) in [5, 5.41) is 3.01. The van der Waals surface area contributed by atoms with Crippen LogP contribution in [0.2, 0.25) is 5.15 Å². The van der Waals surface area contributed by atoms with Gasteiger partial charge in [-0.2, -0.15) is 5.10 Å². The fraction of sp³-hybridized carbons (Fsp3) is 0.182. The first-order valence-corrected chi connectivity index (χ1v) is 5.88. The Morgan fingerprint density at radius 2 is 2.16 bits per heavy atom. The second-order valence-corrected chi connectivity index (χ2v) is 4.42. The van der Waals surface area contributed by atoms with Crippen molar-refractivity contribution in [3.63, 3.8) is 0 Å². The highest BCUT2D eigenvalue weighted by molar-refractivity contribution is 6.67. The molecule has 0 radical (unpaired) electrons. The molecule has 0 atom stereocenters. The van der Waals surface area contributed by atoms with Crippen LogP contribution in [0.4, 0.5) is 8.78 Å². The minimum absolute atomic E-state index is 0.189. The molecule has 0 N–H and O–H groups in total. The van der Waals surface area contributed by atoms with E-state index < -0.39 is 17.4 Å². The summed E-state index contributed by atoms with van der Waals surface area (Å²) in [5.74, 6) is 0. The number of halogens is 4. The lowest BCUT2D eigenvalue weighted by Gasteiger charge is -2.01. The van der Waals surface area contributed by atoms with Gasteiger partial charge in [-0.1, -0.05) is 17.7 Å². The maximum absolute atomic E-state index is 12.7. The molecule has 0 amide bonds. The van der Waals surface area contributed by atoms with Crippen LogP contribution in [0.5, 0.6) is 0 Å². The van der Waals surface area contributed by atoms with Crippen LogP contribution in [-0.4, -0.2) is 20.0 Å². The highest BCUT2D eigenvalue weighted by atomic mass is 35.5. The van der Waals surface area contributed by atoms with Crippen LogP contribution in [0.1, 0.15) is 28.0 Å². The van der Waals surface area contributed by atoms with Crippen molar-refractivity contribution in [2.24, 2.45) is 0 Å². The largest absolute Gasteiger partial charge is 0.282 e. The third-order valence-electron chi connectivity index (χ3n) is 2.34. The number of aromatic nitrogens is 3. The Hall–Kier alpha value is -1.53. The van der Waals surface area contributed by atoms with Crippen molar-refractivity contribution in [3.8, 4) is 0 Å². The molecule has 4 nitrogen and oxygen atoms in total. The number of rotatable bonds is 4. The van der Waals surface area contributed by atoms with Gasteiger partial charge in [-0.05, 0) is 23.2 Å². The minimum Gasteiger partial charge on any atom is -0.275 e. The SMILES string of the molecule is O=C(Cl)c1cn(Cc2ccc(Cl)nc2)nc1C(F)F. The second kappa shape index (κ2) is 5.63. The number of carbonyl (C=O) groups is 1. The lowest BCUT2D eigenvalue weighted by atomic mass is 10.3. The molecule has 0 unspecified atom stereocenters. The molecule has 0 saturated heterocycles. The molecular formula is C11H7Cl2F2N3O. The topological polar surface area (TPSA) is 47.8 Å². The van der Waals surface area contributed by atoms with Crippen LogP contribution < -0.4 is 0 Å². The van der Waals surface area contributed by atoms with Crippen molar-refractivity contribution in [2.75, 3.05) is 0 Å². The molecule has 0 aromatic carbocycles. The van der Waals surface area contributed by atoms with E-state index in [0.717, 1.165) is 0 Å². The molecule has 19 heavy (non-hydrogen) atoms. The van der Waals surface area contributed by atoms with E-state index in [0.29, 0.717) is 10.7 Å². The molecule has 0 fully saturated rings. The quantitative estimate of drug-likeness (QED) is 0.643. The third kappa shape index (κ3) is 3.27. The second-order valence-electron chi connectivity index (χ2n) is 3.69.